The fourth-order valence-electron chi connectivity index (χ4n) is 3.62. The van der Waals surface area contributed by atoms with Crippen LogP contribution in [0.2, 0.25) is 0 Å². The molecule has 0 saturated carbocycles. The molecule has 2 N–H and O–H groups in total. The van der Waals surface area contributed by atoms with E-state index in [2.05, 4.69) is 56.0 Å². The number of hydrogen-bond acceptors (Lipinski definition) is 6. The zero-order chi connectivity index (χ0) is 16.5. The minimum atomic E-state index is 0.693. The number of anilines is 4. The Labute approximate surface area is 142 Å². The number of benzene rings is 1. The van der Waals surface area contributed by atoms with Crippen LogP contribution in [-0.4, -0.2) is 54.6 Å². The van der Waals surface area contributed by atoms with Crippen molar-refractivity contribution in [3.8, 4) is 0 Å². The summed E-state index contributed by atoms with van der Waals surface area (Å²) >= 11 is 0. The second kappa shape index (κ2) is 6.28. The minimum absolute atomic E-state index is 0.693. The molecule has 0 aliphatic carbocycles. The van der Waals surface area contributed by atoms with E-state index in [9.17, 15) is 0 Å². The summed E-state index contributed by atoms with van der Waals surface area (Å²) < 4.78 is 0. The van der Waals surface area contributed by atoms with E-state index >= 15 is 0 Å². The van der Waals surface area contributed by atoms with E-state index in [1.165, 1.54) is 11.3 Å². The highest BCUT2D eigenvalue weighted by Gasteiger charge is 2.25. The van der Waals surface area contributed by atoms with Crippen LogP contribution in [-0.2, 0) is 6.42 Å². The third-order valence-electron chi connectivity index (χ3n) is 5.01. The molecule has 1 aromatic heterocycles. The Hall–Kier alpha value is -2.34. The molecule has 1 saturated heterocycles. The molecule has 0 spiro atoms. The number of fused-ring (bicyclic) bond motifs is 1. The third-order valence-corrected chi connectivity index (χ3v) is 5.01. The Morgan fingerprint density at radius 2 is 1.71 bits per heavy atom. The highest BCUT2D eigenvalue weighted by Crippen LogP contribution is 2.37. The second-order valence-electron chi connectivity index (χ2n) is 6.61. The number of aromatic nitrogens is 2. The van der Waals surface area contributed by atoms with E-state index in [1.54, 1.807) is 6.33 Å². The fraction of sp³-hybridized carbons (Fsp3) is 0.444. The lowest BCUT2D eigenvalue weighted by Crippen LogP contribution is -2.45. The van der Waals surface area contributed by atoms with Crippen molar-refractivity contribution >= 4 is 23.0 Å². The summed E-state index contributed by atoms with van der Waals surface area (Å²) in [4.78, 5) is 15.9. The van der Waals surface area contributed by atoms with Crippen LogP contribution in [0.1, 0.15) is 12.0 Å². The van der Waals surface area contributed by atoms with Crippen LogP contribution < -0.4 is 15.5 Å². The van der Waals surface area contributed by atoms with Gasteiger partial charge in [-0.05, 0) is 31.5 Å². The van der Waals surface area contributed by atoms with Gasteiger partial charge in [-0.15, -0.1) is 0 Å². The van der Waals surface area contributed by atoms with Crippen molar-refractivity contribution in [3.63, 3.8) is 0 Å². The van der Waals surface area contributed by atoms with Crippen molar-refractivity contribution in [2.24, 2.45) is 0 Å². The average Bonchev–Trinajstić information content (AvgIpc) is 2.62. The summed E-state index contributed by atoms with van der Waals surface area (Å²) in [5.41, 5.74) is 9.79. The SMILES string of the molecule is CN1CCN(c2ncnc(N3CCCc4ccccc43)c2N)CC1. The lowest BCUT2D eigenvalue weighted by atomic mass is 10.0. The van der Waals surface area contributed by atoms with Crippen molar-refractivity contribution in [1.82, 2.24) is 14.9 Å². The molecule has 2 aliphatic heterocycles. The van der Waals surface area contributed by atoms with Crippen molar-refractivity contribution in [2.45, 2.75) is 12.8 Å². The van der Waals surface area contributed by atoms with Gasteiger partial charge in [0, 0.05) is 38.4 Å². The lowest BCUT2D eigenvalue weighted by Gasteiger charge is -2.35. The van der Waals surface area contributed by atoms with E-state index < -0.39 is 0 Å². The number of rotatable bonds is 2. The Kier molecular flexibility index (Phi) is 3.98. The summed E-state index contributed by atoms with van der Waals surface area (Å²) in [6.07, 6.45) is 3.88. The molecule has 0 radical (unpaired) electrons. The largest absolute Gasteiger partial charge is 0.393 e. The Balaban J connectivity index is 1.69. The van der Waals surface area contributed by atoms with Gasteiger partial charge in [-0.1, -0.05) is 18.2 Å². The molecular weight excluding hydrogens is 300 g/mol. The van der Waals surface area contributed by atoms with Crippen LogP contribution in [0, 0.1) is 0 Å². The van der Waals surface area contributed by atoms with Gasteiger partial charge in [0.1, 0.15) is 12.0 Å². The standard InChI is InChI=1S/C18H24N6/c1-22-9-11-23(12-10-22)17-16(19)18(21-13-20-17)24-8-4-6-14-5-2-3-7-15(14)24/h2-3,5,7,13H,4,6,8-12,19H2,1H3. The van der Waals surface area contributed by atoms with Crippen molar-refractivity contribution in [3.05, 3.63) is 36.2 Å². The molecule has 2 aliphatic rings. The first-order valence-electron chi connectivity index (χ1n) is 8.63. The number of para-hydroxylation sites is 1. The van der Waals surface area contributed by atoms with Gasteiger partial charge in [-0.3, -0.25) is 0 Å². The van der Waals surface area contributed by atoms with Crippen molar-refractivity contribution in [1.29, 1.82) is 0 Å². The Bertz CT molecular complexity index is 723. The number of nitrogens with two attached hydrogens (primary N) is 1. The molecule has 0 atom stereocenters. The number of piperazine rings is 1. The molecular formula is C18H24N6. The Morgan fingerprint density at radius 1 is 0.958 bits per heavy atom. The zero-order valence-corrected chi connectivity index (χ0v) is 14.1. The van der Waals surface area contributed by atoms with Gasteiger partial charge in [0.25, 0.3) is 0 Å². The van der Waals surface area contributed by atoms with Crippen LogP contribution in [0.5, 0.6) is 0 Å². The first-order valence-corrected chi connectivity index (χ1v) is 8.63. The number of nitrogens with zero attached hydrogens (tertiary/aromatic N) is 5. The summed E-state index contributed by atoms with van der Waals surface area (Å²) in [7, 11) is 2.15. The first-order chi connectivity index (χ1) is 11.7. The van der Waals surface area contributed by atoms with Gasteiger partial charge < -0.3 is 20.4 Å². The zero-order valence-electron chi connectivity index (χ0n) is 14.1. The van der Waals surface area contributed by atoms with Crippen LogP contribution >= 0.6 is 0 Å². The van der Waals surface area contributed by atoms with E-state index in [1.807, 2.05) is 0 Å². The molecule has 0 unspecified atom stereocenters. The summed E-state index contributed by atoms with van der Waals surface area (Å²) in [6.45, 7) is 4.92. The van der Waals surface area contributed by atoms with Crippen LogP contribution in [0.3, 0.4) is 0 Å². The molecule has 0 amide bonds. The van der Waals surface area contributed by atoms with E-state index in [-0.39, 0.29) is 0 Å². The smallest absolute Gasteiger partial charge is 0.161 e. The molecule has 1 aromatic carbocycles. The highest BCUT2D eigenvalue weighted by atomic mass is 15.3. The molecule has 4 rings (SSSR count). The minimum Gasteiger partial charge on any atom is -0.393 e. The topological polar surface area (TPSA) is 61.5 Å². The monoisotopic (exact) mass is 324 g/mol. The van der Waals surface area contributed by atoms with Crippen LogP contribution in [0.25, 0.3) is 0 Å². The number of hydrogen-bond donors (Lipinski definition) is 1. The van der Waals surface area contributed by atoms with Crippen LogP contribution in [0.15, 0.2) is 30.6 Å². The number of likely N-dealkylation sites (N-methyl/N-ethyl adjacent to an activating group) is 1. The quantitative estimate of drug-likeness (QED) is 0.910. The summed E-state index contributed by atoms with van der Waals surface area (Å²) in [5.74, 6) is 1.71. The third kappa shape index (κ3) is 2.67. The molecule has 6 heteroatoms. The Morgan fingerprint density at radius 3 is 2.54 bits per heavy atom. The number of nitrogen functional groups attached to an aromatic ring is 1. The second-order valence-corrected chi connectivity index (χ2v) is 6.61. The predicted octanol–water partition coefficient (Wildman–Crippen LogP) is 1.89. The van der Waals surface area contributed by atoms with Crippen molar-refractivity contribution < 1.29 is 0 Å². The molecule has 24 heavy (non-hydrogen) atoms. The fourth-order valence-corrected chi connectivity index (χ4v) is 3.62. The molecule has 2 aromatic rings. The van der Waals surface area contributed by atoms with E-state index in [0.717, 1.165) is 57.2 Å². The molecule has 126 valence electrons. The normalized spacial score (nSPS) is 18.5. The van der Waals surface area contributed by atoms with Gasteiger partial charge in [0.05, 0.1) is 0 Å². The summed E-state index contributed by atoms with van der Waals surface area (Å²) in [5, 5.41) is 0. The van der Waals surface area contributed by atoms with Gasteiger partial charge in [-0.25, -0.2) is 9.97 Å². The first kappa shape index (κ1) is 15.2. The lowest BCUT2D eigenvalue weighted by molar-refractivity contribution is 0.312. The van der Waals surface area contributed by atoms with Gasteiger partial charge in [0.15, 0.2) is 11.6 Å². The summed E-state index contributed by atoms with van der Waals surface area (Å²) in [6, 6.07) is 8.53. The average molecular weight is 324 g/mol. The van der Waals surface area contributed by atoms with Gasteiger partial charge in [0.2, 0.25) is 0 Å². The van der Waals surface area contributed by atoms with Crippen molar-refractivity contribution in [2.75, 3.05) is 55.3 Å². The van der Waals surface area contributed by atoms with Crippen LogP contribution in [0.4, 0.5) is 23.0 Å². The van der Waals surface area contributed by atoms with Gasteiger partial charge >= 0.3 is 0 Å². The molecule has 0 bridgehead atoms. The maximum atomic E-state index is 6.51. The molecule has 3 heterocycles. The van der Waals surface area contributed by atoms with Gasteiger partial charge in [-0.2, -0.15) is 0 Å². The number of aryl methyl sites for hydroxylation is 1. The predicted molar refractivity (Wildman–Crippen MR) is 97.9 cm³/mol. The highest BCUT2D eigenvalue weighted by molar-refractivity contribution is 5.81. The van der Waals surface area contributed by atoms with E-state index in [4.69, 9.17) is 5.73 Å². The maximum Gasteiger partial charge on any atom is 0.161 e. The maximum absolute atomic E-state index is 6.51. The molecule has 6 nitrogen and oxygen atoms in total. The van der Waals surface area contributed by atoms with E-state index in [0.29, 0.717) is 5.69 Å². The molecule has 1 fully saturated rings.